The number of alkyl halides is 3. The molecule has 0 aliphatic heterocycles. The smallest absolute Gasteiger partial charge is 0.364 e. The number of aromatic amines is 2. The Labute approximate surface area is 118 Å². The van der Waals surface area contributed by atoms with Gasteiger partial charge in [-0.25, -0.2) is 0 Å². The van der Waals surface area contributed by atoms with Gasteiger partial charge in [-0.05, 0) is 42.0 Å². The minimum absolute atomic E-state index is 0.320. The summed E-state index contributed by atoms with van der Waals surface area (Å²) in [5, 5.41) is 0. The van der Waals surface area contributed by atoms with Gasteiger partial charge < -0.3 is 9.97 Å². The lowest BCUT2D eigenvalue weighted by Crippen LogP contribution is -2.11. The molecule has 0 radical (unpaired) electrons. The lowest BCUT2D eigenvalue weighted by Gasteiger charge is -2.16. The van der Waals surface area contributed by atoms with E-state index in [4.69, 9.17) is 0 Å². The second-order valence-electron chi connectivity index (χ2n) is 4.66. The number of halogens is 3. The number of rotatable bonds is 3. The molecule has 0 fully saturated rings. The second-order valence-corrected chi connectivity index (χ2v) is 4.66. The molecule has 2 N–H and O–H groups in total. The lowest BCUT2D eigenvalue weighted by atomic mass is 9.93. The van der Waals surface area contributed by atoms with Gasteiger partial charge in [-0.15, -0.1) is 0 Å². The van der Waals surface area contributed by atoms with Crippen molar-refractivity contribution in [3.05, 3.63) is 77.6 Å². The summed E-state index contributed by atoms with van der Waals surface area (Å²) >= 11 is 0. The molecule has 21 heavy (non-hydrogen) atoms. The Morgan fingerprint density at radius 1 is 0.952 bits per heavy atom. The number of hydrogen-bond acceptors (Lipinski definition) is 1. The van der Waals surface area contributed by atoms with Crippen molar-refractivity contribution in [2.24, 2.45) is 0 Å². The van der Waals surface area contributed by atoms with Crippen LogP contribution >= 0.6 is 0 Å². The largest absolute Gasteiger partial charge is 0.433 e. The molecule has 0 saturated carbocycles. The van der Waals surface area contributed by atoms with Crippen LogP contribution < -0.4 is 0 Å². The summed E-state index contributed by atoms with van der Waals surface area (Å²) in [6.07, 6.45) is 0.233. The second kappa shape index (κ2) is 5.12. The molecule has 0 aliphatic carbocycles. The van der Waals surface area contributed by atoms with Gasteiger partial charge >= 0.3 is 6.18 Å². The third-order valence-corrected chi connectivity index (χ3v) is 3.27. The predicted molar refractivity (Wildman–Crippen MR) is 71.8 cm³/mol. The topological polar surface area (TPSA) is 44.5 Å². The van der Waals surface area contributed by atoms with Crippen LogP contribution in [-0.4, -0.2) is 15.0 Å². The molecule has 108 valence electrons. The van der Waals surface area contributed by atoms with Crippen LogP contribution in [0.1, 0.15) is 28.6 Å². The van der Waals surface area contributed by atoms with E-state index in [0.29, 0.717) is 5.56 Å². The van der Waals surface area contributed by atoms with Gasteiger partial charge in [-0.3, -0.25) is 4.98 Å². The SMILES string of the molecule is FC(F)(F)c1cc(C(c2ccc[nH]2)c2ccc[nH]2)ccn1. The van der Waals surface area contributed by atoms with Crippen LogP contribution in [0.15, 0.2) is 55.0 Å². The number of pyridine rings is 1. The van der Waals surface area contributed by atoms with Gasteiger partial charge in [0, 0.05) is 30.0 Å². The first-order valence-corrected chi connectivity index (χ1v) is 6.35. The molecular weight excluding hydrogens is 279 g/mol. The van der Waals surface area contributed by atoms with Gasteiger partial charge in [0.2, 0.25) is 0 Å². The van der Waals surface area contributed by atoms with Crippen molar-refractivity contribution in [3.8, 4) is 0 Å². The highest BCUT2D eigenvalue weighted by Gasteiger charge is 2.33. The molecular formula is C15H12F3N3. The van der Waals surface area contributed by atoms with E-state index in [1.165, 1.54) is 6.20 Å². The van der Waals surface area contributed by atoms with E-state index in [2.05, 4.69) is 15.0 Å². The molecule has 3 aromatic heterocycles. The summed E-state index contributed by atoms with van der Waals surface area (Å²) in [7, 11) is 0. The fraction of sp³-hybridized carbons (Fsp3) is 0.133. The summed E-state index contributed by atoms with van der Waals surface area (Å²) in [6, 6.07) is 10.0. The molecule has 0 bridgehead atoms. The van der Waals surface area contributed by atoms with Crippen LogP contribution in [-0.2, 0) is 6.18 Å². The van der Waals surface area contributed by atoms with Gasteiger partial charge in [-0.1, -0.05) is 0 Å². The van der Waals surface area contributed by atoms with Gasteiger partial charge in [-0.2, -0.15) is 13.2 Å². The Morgan fingerprint density at radius 2 is 1.57 bits per heavy atom. The van der Waals surface area contributed by atoms with Crippen molar-refractivity contribution in [1.29, 1.82) is 0 Å². The fourth-order valence-electron chi connectivity index (χ4n) is 2.36. The number of H-pyrrole nitrogens is 2. The van der Waals surface area contributed by atoms with E-state index < -0.39 is 11.9 Å². The van der Waals surface area contributed by atoms with Crippen LogP contribution in [0.3, 0.4) is 0 Å². The van der Waals surface area contributed by atoms with Crippen molar-refractivity contribution in [2.75, 3.05) is 0 Å². The summed E-state index contributed by atoms with van der Waals surface area (Å²) in [4.78, 5) is 9.53. The zero-order chi connectivity index (χ0) is 14.9. The third-order valence-electron chi connectivity index (χ3n) is 3.27. The Hall–Kier alpha value is -2.50. The summed E-state index contributed by atoms with van der Waals surface area (Å²) in [5.74, 6) is -0.320. The van der Waals surface area contributed by atoms with E-state index in [1.54, 1.807) is 18.5 Å². The maximum Gasteiger partial charge on any atom is 0.433 e. The minimum atomic E-state index is -4.45. The van der Waals surface area contributed by atoms with E-state index in [9.17, 15) is 13.2 Å². The van der Waals surface area contributed by atoms with Crippen LogP contribution in [0.5, 0.6) is 0 Å². The molecule has 0 amide bonds. The first kappa shape index (κ1) is 13.5. The predicted octanol–water partition coefficient (Wildman–Crippen LogP) is 3.94. The number of aromatic nitrogens is 3. The highest BCUT2D eigenvalue weighted by atomic mass is 19.4. The molecule has 3 nitrogen and oxygen atoms in total. The van der Waals surface area contributed by atoms with Crippen molar-refractivity contribution >= 4 is 0 Å². The van der Waals surface area contributed by atoms with E-state index >= 15 is 0 Å². The Balaban J connectivity index is 2.10. The number of nitrogens with one attached hydrogen (secondary N) is 2. The van der Waals surface area contributed by atoms with Crippen molar-refractivity contribution < 1.29 is 13.2 Å². The van der Waals surface area contributed by atoms with Gasteiger partial charge in [0.1, 0.15) is 5.69 Å². The van der Waals surface area contributed by atoms with E-state index in [1.807, 2.05) is 24.3 Å². The molecule has 0 aliphatic rings. The van der Waals surface area contributed by atoms with Crippen molar-refractivity contribution in [3.63, 3.8) is 0 Å². The zero-order valence-electron chi connectivity index (χ0n) is 10.9. The fourth-order valence-corrected chi connectivity index (χ4v) is 2.36. The van der Waals surface area contributed by atoms with Crippen LogP contribution in [0.4, 0.5) is 13.2 Å². The molecule has 3 heterocycles. The standard InChI is InChI=1S/C15H12F3N3/c16-15(17,18)13-9-10(5-8-21-13)14(11-3-1-6-19-11)12-4-2-7-20-12/h1-9,14,19-20H. The Morgan fingerprint density at radius 3 is 2.05 bits per heavy atom. The molecule has 6 heteroatoms. The molecule has 0 unspecified atom stereocenters. The van der Waals surface area contributed by atoms with E-state index in [-0.39, 0.29) is 5.92 Å². The average molecular weight is 291 g/mol. The van der Waals surface area contributed by atoms with Gasteiger partial charge in [0.15, 0.2) is 0 Å². The zero-order valence-corrected chi connectivity index (χ0v) is 10.9. The summed E-state index contributed by atoms with van der Waals surface area (Å²) in [5.41, 5.74) is 1.28. The van der Waals surface area contributed by atoms with Gasteiger partial charge in [0.05, 0.1) is 5.92 Å². The van der Waals surface area contributed by atoms with Crippen molar-refractivity contribution in [1.82, 2.24) is 15.0 Å². The molecule has 3 aromatic rings. The lowest BCUT2D eigenvalue weighted by molar-refractivity contribution is -0.141. The quantitative estimate of drug-likeness (QED) is 0.754. The normalized spacial score (nSPS) is 12.0. The first-order valence-electron chi connectivity index (χ1n) is 6.35. The highest BCUT2D eigenvalue weighted by Crippen LogP contribution is 2.33. The van der Waals surface area contributed by atoms with Crippen LogP contribution in [0.25, 0.3) is 0 Å². The molecule has 0 spiro atoms. The highest BCUT2D eigenvalue weighted by molar-refractivity contribution is 5.38. The third kappa shape index (κ3) is 2.69. The maximum atomic E-state index is 12.8. The average Bonchev–Trinajstić information content (AvgIpc) is 3.12. The van der Waals surface area contributed by atoms with E-state index in [0.717, 1.165) is 17.5 Å². The minimum Gasteiger partial charge on any atom is -0.364 e. The van der Waals surface area contributed by atoms with Crippen LogP contribution in [0.2, 0.25) is 0 Å². The molecule has 0 aromatic carbocycles. The summed E-state index contributed by atoms with van der Waals surface area (Å²) in [6.45, 7) is 0. The first-order chi connectivity index (χ1) is 10.1. The molecule has 3 rings (SSSR count). The monoisotopic (exact) mass is 291 g/mol. The number of hydrogen-bond donors (Lipinski definition) is 2. The van der Waals surface area contributed by atoms with Gasteiger partial charge in [0.25, 0.3) is 0 Å². The maximum absolute atomic E-state index is 12.8. The van der Waals surface area contributed by atoms with Crippen LogP contribution in [0, 0.1) is 0 Å². The Kier molecular flexibility index (Phi) is 3.29. The summed E-state index contributed by atoms with van der Waals surface area (Å²) < 4.78 is 38.5. The van der Waals surface area contributed by atoms with Crippen molar-refractivity contribution in [2.45, 2.75) is 12.1 Å². The molecule has 0 saturated heterocycles. The number of nitrogens with zero attached hydrogens (tertiary/aromatic N) is 1. The molecule has 0 atom stereocenters. The Bertz CT molecular complexity index is 666.